The number of nitrogens with one attached hydrogen (secondary N) is 2. The van der Waals surface area contributed by atoms with Gasteiger partial charge in [0.05, 0.1) is 6.10 Å². The number of fused-ring (bicyclic) bond motifs is 1. The van der Waals surface area contributed by atoms with Crippen LogP contribution in [0.15, 0.2) is 54.7 Å². The highest BCUT2D eigenvalue weighted by Gasteiger charge is 2.34. The number of aliphatic hydroxyl groups excluding tert-OH is 1. The quantitative estimate of drug-likeness (QED) is 0.507. The summed E-state index contributed by atoms with van der Waals surface area (Å²) in [6, 6.07) is 15.9. The zero-order valence-electron chi connectivity index (χ0n) is 15.4. The predicted molar refractivity (Wildman–Crippen MR) is 107 cm³/mol. The molecule has 8 nitrogen and oxygen atoms in total. The fraction of sp³-hybridized carbons (Fsp3) is 0.250. The van der Waals surface area contributed by atoms with E-state index >= 15 is 0 Å². The summed E-state index contributed by atoms with van der Waals surface area (Å²) in [5, 5.41) is 25.7. The van der Waals surface area contributed by atoms with Crippen LogP contribution in [-0.2, 0) is 0 Å². The third-order valence-corrected chi connectivity index (χ3v) is 5.13. The topological polar surface area (TPSA) is 94.4 Å². The molecule has 0 saturated carbocycles. The number of H-pyrrole nitrogens is 1. The number of hydrogen-bond donors (Lipinski definition) is 3. The predicted octanol–water partition coefficient (Wildman–Crippen LogP) is 2.47. The average Bonchev–Trinajstić information content (AvgIpc) is 3.42. The van der Waals surface area contributed by atoms with Crippen LogP contribution in [0.1, 0.15) is 17.2 Å². The molecule has 2 atom stereocenters. The van der Waals surface area contributed by atoms with Crippen molar-refractivity contribution in [3.05, 3.63) is 66.0 Å². The molecule has 3 N–H and O–H groups in total. The van der Waals surface area contributed by atoms with Crippen LogP contribution in [0.3, 0.4) is 0 Å². The van der Waals surface area contributed by atoms with Gasteiger partial charge in [0.2, 0.25) is 5.95 Å². The Balaban J connectivity index is 1.48. The summed E-state index contributed by atoms with van der Waals surface area (Å²) in [6.07, 6.45) is 1.43. The second kappa shape index (κ2) is 6.65. The lowest BCUT2D eigenvalue weighted by Crippen LogP contribution is -2.24. The van der Waals surface area contributed by atoms with E-state index in [9.17, 15) is 5.11 Å². The van der Waals surface area contributed by atoms with Crippen LogP contribution in [0.25, 0.3) is 5.52 Å². The van der Waals surface area contributed by atoms with Crippen molar-refractivity contribution in [3.8, 4) is 0 Å². The highest BCUT2D eigenvalue weighted by molar-refractivity contribution is 5.73. The standard InChI is InChI=1S/C20H21N7O/c1-13-10-18(24-23-13)21-19-16-8-5-9-27(16)25-20(22-19)26-11-15(17(28)12-26)14-6-3-2-4-7-14/h2-10,15,17,28H,11-12H2,1H3,(H2,21,22,23,24,25)/t15-,17+/m0/s1. The van der Waals surface area contributed by atoms with Crippen LogP contribution in [0.4, 0.5) is 17.6 Å². The van der Waals surface area contributed by atoms with Gasteiger partial charge in [0.25, 0.3) is 0 Å². The summed E-state index contributed by atoms with van der Waals surface area (Å²) in [7, 11) is 0. The van der Waals surface area contributed by atoms with E-state index in [4.69, 9.17) is 4.98 Å². The number of hydrogen-bond acceptors (Lipinski definition) is 6. The number of aromatic amines is 1. The summed E-state index contributed by atoms with van der Waals surface area (Å²) in [5.74, 6) is 2.00. The third-order valence-electron chi connectivity index (χ3n) is 5.13. The highest BCUT2D eigenvalue weighted by Crippen LogP contribution is 2.31. The van der Waals surface area contributed by atoms with Gasteiger partial charge in [-0.2, -0.15) is 10.1 Å². The van der Waals surface area contributed by atoms with Crippen molar-refractivity contribution in [2.24, 2.45) is 0 Å². The number of rotatable bonds is 4. The molecule has 0 aliphatic carbocycles. The van der Waals surface area contributed by atoms with Gasteiger partial charge in [-0.1, -0.05) is 30.3 Å². The fourth-order valence-corrected chi connectivity index (χ4v) is 3.73. The van der Waals surface area contributed by atoms with Crippen LogP contribution in [-0.4, -0.2) is 49.1 Å². The maximum Gasteiger partial charge on any atom is 0.245 e. The second-order valence-corrected chi connectivity index (χ2v) is 7.15. The molecule has 1 fully saturated rings. The van der Waals surface area contributed by atoms with Crippen molar-refractivity contribution in [2.45, 2.75) is 18.9 Å². The Bertz CT molecular complexity index is 1100. The van der Waals surface area contributed by atoms with Gasteiger partial charge in [0, 0.05) is 37.0 Å². The van der Waals surface area contributed by atoms with Crippen molar-refractivity contribution < 1.29 is 5.11 Å². The fourth-order valence-electron chi connectivity index (χ4n) is 3.73. The number of nitrogens with zero attached hydrogens (tertiary/aromatic N) is 5. The summed E-state index contributed by atoms with van der Waals surface area (Å²) < 4.78 is 1.80. The maximum atomic E-state index is 10.6. The molecule has 1 saturated heterocycles. The number of aromatic nitrogens is 5. The van der Waals surface area contributed by atoms with Gasteiger partial charge in [-0.15, -0.1) is 5.10 Å². The van der Waals surface area contributed by atoms with Gasteiger partial charge < -0.3 is 15.3 Å². The molecule has 8 heteroatoms. The Morgan fingerprint density at radius 2 is 2.00 bits per heavy atom. The summed E-state index contributed by atoms with van der Waals surface area (Å²) in [6.45, 7) is 3.11. The van der Waals surface area contributed by atoms with E-state index in [2.05, 4.69) is 32.7 Å². The molecule has 1 aromatic carbocycles. The third kappa shape index (κ3) is 2.97. The van der Waals surface area contributed by atoms with Crippen LogP contribution < -0.4 is 10.2 Å². The van der Waals surface area contributed by atoms with Gasteiger partial charge >= 0.3 is 0 Å². The largest absolute Gasteiger partial charge is 0.391 e. The van der Waals surface area contributed by atoms with Crippen LogP contribution in [0.2, 0.25) is 0 Å². The van der Waals surface area contributed by atoms with Gasteiger partial charge in [-0.3, -0.25) is 5.10 Å². The first kappa shape index (κ1) is 16.8. The van der Waals surface area contributed by atoms with E-state index in [0.29, 0.717) is 30.7 Å². The Morgan fingerprint density at radius 3 is 2.79 bits per heavy atom. The number of benzene rings is 1. The number of β-amino-alcohol motifs (C(OH)–C–C–N with tert-alkyl or cyclic N) is 1. The minimum atomic E-state index is -0.461. The maximum absolute atomic E-state index is 10.6. The van der Waals surface area contributed by atoms with E-state index in [1.807, 2.05) is 54.4 Å². The first-order valence-corrected chi connectivity index (χ1v) is 9.30. The van der Waals surface area contributed by atoms with Crippen LogP contribution in [0.5, 0.6) is 0 Å². The van der Waals surface area contributed by atoms with E-state index in [1.54, 1.807) is 4.52 Å². The van der Waals surface area contributed by atoms with Gasteiger partial charge in [0.15, 0.2) is 11.6 Å². The molecule has 4 aromatic rings. The number of aryl methyl sites for hydroxylation is 1. The lowest BCUT2D eigenvalue weighted by molar-refractivity contribution is 0.179. The molecule has 1 aliphatic rings. The molecule has 1 aliphatic heterocycles. The normalized spacial score (nSPS) is 19.4. The van der Waals surface area contributed by atoms with Gasteiger partial charge in [0.1, 0.15) is 5.52 Å². The first-order chi connectivity index (χ1) is 13.7. The lowest BCUT2D eigenvalue weighted by atomic mass is 9.96. The van der Waals surface area contributed by atoms with E-state index in [-0.39, 0.29) is 5.92 Å². The van der Waals surface area contributed by atoms with Crippen LogP contribution in [0, 0.1) is 6.92 Å². The molecular formula is C20H21N7O. The molecule has 0 radical (unpaired) electrons. The minimum absolute atomic E-state index is 0.0376. The van der Waals surface area contributed by atoms with Gasteiger partial charge in [-0.25, -0.2) is 4.52 Å². The number of aliphatic hydroxyl groups is 1. The zero-order chi connectivity index (χ0) is 19.1. The highest BCUT2D eigenvalue weighted by atomic mass is 16.3. The molecule has 0 spiro atoms. The first-order valence-electron chi connectivity index (χ1n) is 9.30. The van der Waals surface area contributed by atoms with Crippen LogP contribution >= 0.6 is 0 Å². The summed E-state index contributed by atoms with van der Waals surface area (Å²) >= 11 is 0. The Morgan fingerprint density at radius 1 is 1.14 bits per heavy atom. The van der Waals surface area contributed by atoms with Crippen molar-refractivity contribution in [3.63, 3.8) is 0 Å². The van der Waals surface area contributed by atoms with E-state index < -0.39 is 6.10 Å². The minimum Gasteiger partial charge on any atom is -0.391 e. The molecular weight excluding hydrogens is 354 g/mol. The monoisotopic (exact) mass is 375 g/mol. The SMILES string of the molecule is Cc1cc(Nc2nc(N3C[C@@H](O)[C@H](c4ccccc4)C3)nn3cccc23)n[nH]1. The molecule has 5 rings (SSSR count). The Kier molecular flexibility index (Phi) is 3.98. The Labute approximate surface area is 161 Å². The summed E-state index contributed by atoms with van der Waals surface area (Å²) in [4.78, 5) is 6.77. The molecule has 28 heavy (non-hydrogen) atoms. The van der Waals surface area contributed by atoms with E-state index in [1.165, 1.54) is 0 Å². The molecule has 3 aromatic heterocycles. The van der Waals surface area contributed by atoms with Crippen molar-refractivity contribution in [1.82, 2.24) is 24.8 Å². The van der Waals surface area contributed by atoms with Gasteiger partial charge in [-0.05, 0) is 24.6 Å². The Hall–Kier alpha value is -3.39. The smallest absolute Gasteiger partial charge is 0.245 e. The summed E-state index contributed by atoms with van der Waals surface area (Å²) in [5.41, 5.74) is 2.96. The molecule has 142 valence electrons. The molecule has 4 heterocycles. The number of anilines is 3. The average molecular weight is 375 g/mol. The molecule has 0 amide bonds. The van der Waals surface area contributed by atoms with Crippen molar-refractivity contribution >= 4 is 23.1 Å². The zero-order valence-corrected chi connectivity index (χ0v) is 15.4. The second-order valence-electron chi connectivity index (χ2n) is 7.15. The van der Waals surface area contributed by atoms with Crippen molar-refractivity contribution in [2.75, 3.05) is 23.3 Å². The molecule has 0 bridgehead atoms. The molecule has 0 unspecified atom stereocenters. The van der Waals surface area contributed by atoms with E-state index in [0.717, 1.165) is 16.8 Å². The van der Waals surface area contributed by atoms with Crippen molar-refractivity contribution in [1.29, 1.82) is 0 Å². The lowest BCUT2D eigenvalue weighted by Gasteiger charge is -2.17.